The molecule has 1 N–H and O–H groups in total. The van der Waals surface area contributed by atoms with Crippen molar-refractivity contribution in [3.05, 3.63) is 64.1 Å². The van der Waals surface area contributed by atoms with E-state index in [0.29, 0.717) is 11.4 Å². The highest BCUT2D eigenvalue weighted by molar-refractivity contribution is 7.92. The molecule has 0 heterocycles. The summed E-state index contributed by atoms with van der Waals surface area (Å²) in [6, 6.07) is 13.0. The quantitative estimate of drug-likeness (QED) is 0.591. The average Bonchev–Trinajstić information content (AvgIpc) is 2.72. The number of amides is 2. The Balaban J connectivity index is 2.32. The molecule has 0 unspecified atom stereocenters. The summed E-state index contributed by atoms with van der Waals surface area (Å²) in [5.74, 6) is -0.875. The summed E-state index contributed by atoms with van der Waals surface area (Å²) in [5.41, 5.74) is 1.13. The number of anilines is 1. The average molecular weight is 486 g/mol. The van der Waals surface area contributed by atoms with Crippen LogP contribution in [0.5, 0.6) is 0 Å². The van der Waals surface area contributed by atoms with Gasteiger partial charge in [0.2, 0.25) is 21.8 Å². The van der Waals surface area contributed by atoms with Crippen molar-refractivity contribution < 1.29 is 18.0 Å². The first-order chi connectivity index (χ1) is 14.5. The fourth-order valence-corrected chi connectivity index (χ4v) is 4.48. The van der Waals surface area contributed by atoms with Crippen molar-refractivity contribution in [1.82, 2.24) is 10.2 Å². The van der Waals surface area contributed by atoms with Crippen molar-refractivity contribution in [2.75, 3.05) is 30.7 Å². The van der Waals surface area contributed by atoms with Crippen LogP contribution in [0.25, 0.3) is 0 Å². The SMILES string of the molecule is CNC(=O)[C@@H](C)N(CCc1ccccc1)C(=O)CN(c1ccc(Cl)cc1Cl)S(C)(=O)=O. The molecule has 0 radical (unpaired) electrons. The highest BCUT2D eigenvalue weighted by Gasteiger charge is 2.30. The predicted molar refractivity (Wildman–Crippen MR) is 124 cm³/mol. The second-order valence-electron chi connectivity index (χ2n) is 6.98. The molecule has 10 heteroatoms. The predicted octanol–water partition coefficient (Wildman–Crippen LogP) is 2.97. The van der Waals surface area contributed by atoms with Crippen LogP contribution >= 0.6 is 23.2 Å². The molecule has 2 amide bonds. The highest BCUT2D eigenvalue weighted by Crippen LogP contribution is 2.30. The number of sulfonamides is 1. The molecule has 0 saturated carbocycles. The van der Waals surface area contributed by atoms with Crippen LogP contribution in [-0.2, 0) is 26.0 Å². The van der Waals surface area contributed by atoms with Gasteiger partial charge in [0, 0.05) is 18.6 Å². The van der Waals surface area contributed by atoms with Crippen molar-refractivity contribution >= 4 is 50.7 Å². The molecule has 31 heavy (non-hydrogen) atoms. The third-order valence-electron chi connectivity index (χ3n) is 4.76. The second-order valence-corrected chi connectivity index (χ2v) is 9.73. The van der Waals surface area contributed by atoms with Gasteiger partial charge in [-0.2, -0.15) is 0 Å². The van der Waals surface area contributed by atoms with Crippen LogP contribution in [-0.4, -0.2) is 57.6 Å². The van der Waals surface area contributed by atoms with E-state index in [-0.39, 0.29) is 23.2 Å². The van der Waals surface area contributed by atoms with Gasteiger partial charge >= 0.3 is 0 Å². The van der Waals surface area contributed by atoms with Crippen LogP contribution in [0.15, 0.2) is 48.5 Å². The number of nitrogens with one attached hydrogen (secondary N) is 1. The molecule has 0 fully saturated rings. The number of hydrogen-bond donors (Lipinski definition) is 1. The lowest BCUT2D eigenvalue weighted by Crippen LogP contribution is -2.51. The van der Waals surface area contributed by atoms with E-state index >= 15 is 0 Å². The summed E-state index contributed by atoms with van der Waals surface area (Å²) in [6.45, 7) is 1.33. The Kier molecular flexibility index (Phi) is 8.73. The van der Waals surface area contributed by atoms with Gasteiger partial charge in [-0.15, -0.1) is 0 Å². The number of carbonyl (C=O) groups is 2. The van der Waals surface area contributed by atoms with Gasteiger partial charge in [0.15, 0.2) is 0 Å². The molecule has 2 aromatic rings. The fraction of sp³-hybridized carbons (Fsp3) is 0.333. The van der Waals surface area contributed by atoms with Crippen LogP contribution in [0.4, 0.5) is 5.69 Å². The van der Waals surface area contributed by atoms with Gasteiger partial charge in [-0.1, -0.05) is 53.5 Å². The molecule has 7 nitrogen and oxygen atoms in total. The van der Waals surface area contributed by atoms with Crippen molar-refractivity contribution in [3.63, 3.8) is 0 Å². The van der Waals surface area contributed by atoms with Gasteiger partial charge in [0.05, 0.1) is 17.0 Å². The molecule has 0 saturated heterocycles. The molecular weight excluding hydrogens is 461 g/mol. The minimum absolute atomic E-state index is 0.0981. The topological polar surface area (TPSA) is 86.8 Å². The van der Waals surface area contributed by atoms with E-state index in [0.717, 1.165) is 16.1 Å². The number of hydrogen-bond acceptors (Lipinski definition) is 4. The number of rotatable bonds is 9. The largest absolute Gasteiger partial charge is 0.357 e. The van der Waals surface area contributed by atoms with Gasteiger partial charge < -0.3 is 10.2 Å². The summed E-state index contributed by atoms with van der Waals surface area (Å²) in [4.78, 5) is 26.8. The molecule has 2 aromatic carbocycles. The third kappa shape index (κ3) is 6.85. The Morgan fingerprint density at radius 3 is 2.29 bits per heavy atom. The van der Waals surface area contributed by atoms with E-state index in [1.165, 1.54) is 30.1 Å². The van der Waals surface area contributed by atoms with Crippen LogP contribution < -0.4 is 9.62 Å². The Bertz CT molecular complexity index is 1030. The monoisotopic (exact) mass is 485 g/mol. The first-order valence-electron chi connectivity index (χ1n) is 9.52. The van der Waals surface area contributed by atoms with Gasteiger partial charge in [0.1, 0.15) is 12.6 Å². The molecule has 0 aliphatic rings. The van der Waals surface area contributed by atoms with Crippen molar-refractivity contribution in [2.24, 2.45) is 0 Å². The summed E-state index contributed by atoms with van der Waals surface area (Å²) < 4.78 is 25.8. The number of likely N-dealkylation sites (N-methyl/N-ethyl adjacent to an activating group) is 1. The van der Waals surface area contributed by atoms with E-state index in [9.17, 15) is 18.0 Å². The lowest BCUT2D eigenvalue weighted by Gasteiger charge is -2.31. The first kappa shape index (κ1) is 25.0. The van der Waals surface area contributed by atoms with Gasteiger partial charge in [-0.3, -0.25) is 13.9 Å². The Morgan fingerprint density at radius 2 is 1.74 bits per heavy atom. The van der Waals surface area contributed by atoms with E-state index in [1.54, 1.807) is 6.92 Å². The van der Waals surface area contributed by atoms with E-state index in [4.69, 9.17) is 23.2 Å². The maximum absolute atomic E-state index is 13.2. The fourth-order valence-electron chi connectivity index (χ4n) is 3.06. The van der Waals surface area contributed by atoms with Crippen LogP contribution in [0.2, 0.25) is 10.0 Å². The van der Waals surface area contributed by atoms with E-state index < -0.39 is 28.5 Å². The second kappa shape index (κ2) is 10.8. The summed E-state index contributed by atoms with van der Waals surface area (Å²) in [6.07, 6.45) is 1.50. The lowest BCUT2D eigenvalue weighted by molar-refractivity contribution is -0.138. The summed E-state index contributed by atoms with van der Waals surface area (Å²) in [7, 11) is -2.36. The normalized spacial score (nSPS) is 12.2. The molecule has 2 rings (SSSR count). The van der Waals surface area contributed by atoms with Gasteiger partial charge in [-0.05, 0) is 37.1 Å². The smallest absolute Gasteiger partial charge is 0.244 e. The molecule has 0 aliphatic heterocycles. The molecule has 0 aliphatic carbocycles. The van der Waals surface area contributed by atoms with Crippen LogP contribution in [0, 0.1) is 0 Å². The highest BCUT2D eigenvalue weighted by atomic mass is 35.5. The van der Waals surface area contributed by atoms with Crippen LogP contribution in [0.3, 0.4) is 0 Å². The molecule has 0 spiro atoms. The maximum atomic E-state index is 13.2. The zero-order chi connectivity index (χ0) is 23.2. The minimum Gasteiger partial charge on any atom is -0.357 e. The Morgan fingerprint density at radius 1 is 1.10 bits per heavy atom. The number of nitrogens with zero attached hydrogens (tertiary/aromatic N) is 2. The number of benzene rings is 2. The molecule has 1 atom stereocenters. The van der Waals surface area contributed by atoms with Crippen molar-refractivity contribution in [1.29, 1.82) is 0 Å². The van der Waals surface area contributed by atoms with Crippen LogP contribution in [0.1, 0.15) is 12.5 Å². The van der Waals surface area contributed by atoms with Gasteiger partial charge in [-0.25, -0.2) is 8.42 Å². The number of carbonyl (C=O) groups excluding carboxylic acids is 2. The number of halogens is 2. The molecular formula is C21H25Cl2N3O4S. The zero-order valence-corrected chi connectivity index (χ0v) is 19.8. The first-order valence-corrected chi connectivity index (χ1v) is 12.1. The van der Waals surface area contributed by atoms with E-state index in [2.05, 4.69) is 5.32 Å². The zero-order valence-electron chi connectivity index (χ0n) is 17.5. The Hall–Kier alpha value is -2.29. The molecule has 0 aromatic heterocycles. The van der Waals surface area contributed by atoms with Crippen molar-refractivity contribution in [2.45, 2.75) is 19.4 Å². The third-order valence-corrected chi connectivity index (χ3v) is 6.42. The van der Waals surface area contributed by atoms with E-state index in [1.807, 2.05) is 30.3 Å². The maximum Gasteiger partial charge on any atom is 0.244 e. The van der Waals surface area contributed by atoms with Crippen molar-refractivity contribution in [3.8, 4) is 0 Å². The lowest BCUT2D eigenvalue weighted by atomic mass is 10.1. The molecule has 168 valence electrons. The summed E-state index contributed by atoms with van der Waals surface area (Å²) in [5, 5.41) is 2.97. The van der Waals surface area contributed by atoms with Gasteiger partial charge in [0.25, 0.3) is 0 Å². The Labute approximate surface area is 193 Å². The minimum atomic E-state index is -3.84. The standard InChI is InChI=1S/C21H25Cl2N3O4S/c1-15(21(28)24-2)25(12-11-16-7-5-4-6-8-16)20(27)14-26(31(3,29)30)19-10-9-17(22)13-18(19)23/h4-10,13,15H,11-12,14H2,1-3H3,(H,24,28)/t15-/m1/s1. The molecule has 0 bridgehead atoms. The summed E-state index contributed by atoms with van der Waals surface area (Å²) >= 11 is 12.1.